The lowest BCUT2D eigenvalue weighted by molar-refractivity contribution is 0.235. The molecule has 19 heavy (non-hydrogen) atoms. The molecule has 3 rings (SSSR count). The number of aliphatic hydroxyl groups excluding tert-OH is 1. The highest BCUT2D eigenvalue weighted by Gasteiger charge is 2.32. The third-order valence-electron chi connectivity index (χ3n) is 4.12. The summed E-state index contributed by atoms with van der Waals surface area (Å²) in [5.41, 5.74) is 2.58. The van der Waals surface area contributed by atoms with Crippen molar-refractivity contribution in [2.24, 2.45) is 10.9 Å². The lowest BCUT2D eigenvalue weighted by Gasteiger charge is -2.38. The van der Waals surface area contributed by atoms with Gasteiger partial charge in [0.05, 0.1) is 12.1 Å². The third-order valence-corrected chi connectivity index (χ3v) is 4.12. The van der Waals surface area contributed by atoms with Gasteiger partial charge in [-0.25, -0.2) is 0 Å². The van der Waals surface area contributed by atoms with Crippen LogP contribution < -0.4 is 5.32 Å². The summed E-state index contributed by atoms with van der Waals surface area (Å²) in [5.74, 6) is 0.452. The molecule has 1 aromatic carbocycles. The number of allylic oxidation sites excluding steroid dienone is 1. The van der Waals surface area contributed by atoms with E-state index in [0.717, 1.165) is 19.3 Å². The molecule has 2 heterocycles. The normalized spacial score (nSPS) is 28.8. The summed E-state index contributed by atoms with van der Waals surface area (Å²) < 4.78 is 0. The van der Waals surface area contributed by atoms with Crippen molar-refractivity contribution >= 4 is 11.9 Å². The van der Waals surface area contributed by atoms with Gasteiger partial charge in [-0.3, -0.25) is 4.99 Å². The average Bonchev–Trinajstić information content (AvgIpc) is 2.48. The maximum Gasteiger partial charge on any atom is 0.0737 e. The van der Waals surface area contributed by atoms with Crippen molar-refractivity contribution in [3.8, 4) is 0 Å². The Bertz CT molecular complexity index is 495. The van der Waals surface area contributed by atoms with Crippen molar-refractivity contribution in [2.45, 2.75) is 31.3 Å². The third kappa shape index (κ3) is 2.56. The Morgan fingerprint density at radius 2 is 2.21 bits per heavy atom. The molecule has 100 valence electrons. The van der Waals surface area contributed by atoms with E-state index in [1.807, 2.05) is 12.3 Å². The molecule has 3 atom stereocenters. The molecule has 0 saturated heterocycles. The predicted octanol–water partition coefficient (Wildman–Crippen LogP) is 2.42. The van der Waals surface area contributed by atoms with Crippen LogP contribution in [0.2, 0.25) is 0 Å². The number of para-hydroxylation sites is 1. The van der Waals surface area contributed by atoms with E-state index in [-0.39, 0.29) is 12.6 Å². The van der Waals surface area contributed by atoms with Gasteiger partial charge in [-0.2, -0.15) is 0 Å². The van der Waals surface area contributed by atoms with Crippen molar-refractivity contribution in [1.82, 2.24) is 0 Å². The summed E-state index contributed by atoms with van der Waals surface area (Å²) in [4.78, 5) is 4.60. The number of hydrogen-bond donors (Lipinski definition) is 2. The number of rotatable bonds is 3. The molecule has 1 aromatic rings. The van der Waals surface area contributed by atoms with Crippen LogP contribution in [-0.4, -0.2) is 30.0 Å². The van der Waals surface area contributed by atoms with Crippen LogP contribution in [-0.2, 0) is 6.42 Å². The number of hydrogen-bond acceptors (Lipinski definition) is 3. The zero-order valence-corrected chi connectivity index (χ0v) is 11.0. The van der Waals surface area contributed by atoms with Gasteiger partial charge in [-0.15, -0.1) is 0 Å². The van der Waals surface area contributed by atoms with Crippen molar-refractivity contribution in [3.63, 3.8) is 0 Å². The van der Waals surface area contributed by atoms with Crippen LogP contribution in [0.5, 0.6) is 0 Å². The van der Waals surface area contributed by atoms with Crippen LogP contribution in [0.15, 0.2) is 41.4 Å². The van der Waals surface area contributed by atoms with Crippen LogP contribution in [0, 0.1) is 5.92 Å². The van der Waals surface area contributed by atoms with Gasteiger partial charge in [0.25, 0.3) is 0 Å². The highest BCUT2D eigenvalue weighted by atomic mass is 16.3. The van der Waals surface area contributed by atoms with Crippen LogP contribution >= 0.6 is 0 Å². The Morgan fingerprint density at radius 1 is 1.32 bits per heavy atom. The van der Waals surface area contributed by atoms with Crippen LogP contribution in [0.1, 0.15) is 18.4 Å². The Morgan fingerprint density at radius 3 is 3.00 bits per heavy atom. The average molecular weight is 256 g/mol. The van der Waals surface area contributed by atoms with E-state index >= 15 is 0 Å². The highest BCUT2D eigenvalue weighted by molar-refractivity contribution is 5.72. The number of dihydropyridines is 1. The van der Waals surface area contributed by atoms with Gasteiger partial charge in [0.15, 0.2) is 0 Å². The first-order chi connectivity index (χ1) is 9.38. The summed E-state index contributed by atoms with van der Waals surface area (Å²) in [6, 6.07) is 9.07. The number of aliphatic imine (C=N–C) groups is 1. The van der Waals surface area contributed by atoms with Crippen molar-refractivity contribution in [3.05, 3.63) is 42.0 Å². The summed E-state index contributed by atoms with van der Waals surface area (Å²) in [6.07, 6.45) is 8.93. The second-order valence-electron chi connectivity index (χ2n) is 5.33. The second-order valence-corrected chi connectivity index (χ2v) is 5.33. The molecule has 0 saturated carbocycles. The molecular formula is C16H20N2O. The lowest BCUT2D eigenvalue weighted by Crippen LogP contribution is -2.43. The first-order valence-electron chi connectivity index (χ1n) is 7.02. The summed E-state index contributed by atoms with van der Waals surface area (Å²) >= 11 is 0. The molecule has 0 fully saturated rings. The molecule has 0 radical (unpaired) electrons. The minimum atomic E-state index is 0.247. The zero-order chi connectivity index (χ0) is 13.1. The van der Waals surface area contributed by atoms with E-state index in [0.29, 0.717) is 12.0 Å². The Hall–Kier alpha value is -1.61. The number of anilines is 1. The Kier molecular flexibility index (Phi) is 3.65. The second kappa shape index (κ2) is 5.57. The van der Waals surface area contributed by atoms with Gasteiger partial charge in [0.2, 0.25) is 0 Å². The van der Waals surface area contributed by atoms with Gasteiger partial charge >= 0.3 is 0 Å². The molecule has 2 aliphatic heterocycles. The molecule has 2 aliphatic rings. The van der Waals surface area contributed by atoms with E-state index in [4.69, 9.17) is 0 Å². The molecule has 0 bridgehead atoms. The minimum absolute atomic E-state index is 0.247. The zero-order valence-electron chi connectivity index (χ0n) is 11.0. The summed E-state index contributed by atoms with van der Waals surface area (Å²) in [5, 5.41) is 12.9. The molecule has 0 aliphatic carbocycles. The van der Waals surface area contributed by atoms with Crippen molar-refractivity contribution in [2.75, 3.05) is 11.9 Å². The fourth-order valence-electron chi connectivity index (χ4n) is 3.14. The molecule has 3 heteroatoms. The minimum Gasteiger partial charge on any atom is -0.396 e. The van der Waals surface area contributed by atoms with Gasteiger partial charge in [-0.1, -0.05) is 24.3 Å². The number of benzene rings is 1. The maximum atomic E-state index is 9.30. The van der Waals surface area contributed by atoms with Gasteiger partial charge in [0.1, 0.15) is 0 Å². The van der Waals surface area contributed by atoms with Gasteiger partial charge in [-0.05, 0) is 42.9 Å². The van der Waals surface area contributed by atoms with E-state index < -0.39 is 0 Å². The Balaban J connectivity index is 1.85. The topological polar surface area (TPSA) is 44.6 Å². The van der Waals surface area contributed by atoms with E-state index in [2.05, 4.69) is 40.7 Å². The quantitative estimate of drug-likeness (QED) is 0.872. The predicted molar refractivity (Wildman–Crippen MR) is 78.8 cm³/mol. The molecule has 2 N–H and O–H groups in total. The van der Waals surface area contributed by atoms with E-state index in [9.17, 15) is 5.11 Å². The summed E-state index contributed by atoms with van der Waals surface area (Å²) in [7, 11) is 0. The lowest BCUT2D eigenvalue weighted by atomic mass is 9.80. The summed E-state index contributed by atoms with van der Waals surface area (Å²) in [6.45, 7) is 0.247. The molecule has 0 spiro atoms. The first kappa shape index (κ1) is 12.4. The molecule has 1 unspecified atom stereocenters. The van der Waals surface area contributed by atoms with Gasteiger partial charge < -0.3 is 10.4 Å². The fraction of sp³-hybridized carbons (Fsp3) is 0.438. The maximum absolute atomic E-state index is 9.30. The van der Waals surface area contributed by atoms with Gasteiger partial charge in [0, 0.05) is 18.5 Å². The number of aliphatic hydroxyl groups is 1. The number of nitrogens with one attached hydrogen (secondary N) is 1. The highest BCUT2D eigenvalue weighted by Crippen LogP contribution is 2.33. The molecular weight excluding hydrogens is 236 g/mol. The molecule has 3 nitrogen and oxygen atoms in total. The standard InChI is InChI=1S/C16H20N2O/c19-10-8-13-11-12-5-1-2-6-14(12)18-16(13)15-7-3-4-9-17-15/h1-6,9,13,15-16,18-19H,7-8,10-11H2/t13-,15+,16?/m0/s1. The van der Waals surface area contributed by atoms with Crippen LogP contribution in [0.3, 0.4) is 0 Å². The van der Waals surface area contributed by atoms with Crippen molar-refractivity contribution in [1.29, 1.82) is 0 Å². The van der Waals surface area contributed by atoms with E-state index in [1.165, 1.54) is 11.3 Å². The largest absolute Gasteiger partial charge is 0.396 e. The SMILES string of the molecule is OCC[C@H]1Cc2ccccc2NC1[C@H]1CC=CC=N1. The van der Waals surface area contributed by atoms with Crippen molar-refractivity contribution < 1.29 is 5.11 Å². The first-order valence-corrected chi connectivity index (χ1v) is 7.02. The monoisotopic (exact) mass is 256 g/mol. The molecule has 0 aromatic heterocycles. The van der Waals surface area contributed by atoms with Crippen LogP contribution in [0.25, 0.3) is 0 Å². The Labute approximate surface area is 114 Å². The van der Waals surface area contributed by atoms with E-state index in [1.54, 1.807) is 0 Å². The number of nitrogens with zero attached hydrogens (tertiary/aromatic N) is 1. The fourth-order valence-corrected chi connectivity index (χ4v) is 3.14. The number of fused-ring (bicyclic) bond motifs is 1. The van der Waals surface area contributed by atoms with Crippen LogP contribution in [0.4, 0.5) is 5.69 Å². The smallest absolute Gasteiger partial charge is 0.0737 e. The molecule has 0 amide bonds.